The van der Waals surface area contributed by atoms with E-state index in [1.165, 1.54) is 0 Å². The molecule has 2 N–H and O–H groups in total. The average Bonchev–Trinajstić information content (AvgIpc) is 3.51. The molecule has 0 aliphatic carbocycles. The lowest BCUT2D eigenvalue weighted by molar-refractivity contribution is 0.0527. The smallest absolute Gasteiger partial charge is 0.340 e. The number of nitrogens with one attached hydrogen (secondary N) is 2. The molecule has 11 heteroatoms. The van der Waals surface area contributed by atoms with Crippen LogP contribution >= 0.6 is 22.9 Å². The molecule has 1 aliphatic heterocycles. The maximum Gasteiger partial charge on any atom is 0.340 e. The molecule has 2 aromatic carbocycles. The fourth-order valence-electron chi connectivity index (χ4n) is 3.61. The molecule has 0 saturated carbocycles. The van der Waals surface area contributed by atoms with Gasteiger partial charge in [-0.25, -0.2) is 9.59 Å². The number of benzene rings is 2. The van der Waals surface area contributed by atoms with E-state index < -0.39 is 5.97 Å². The highest BCUT2D eigenvalue weighted by Gasteiger charge is 2.33. The van der Waals surface area contributed by atoms with E-state index in [2.05, 4.69) is 20.8 Å². The van der Waals surface area contributed by atoms with Crippen LogP contribution in [0.3, 0.4) is 0 Å². The lowest BCUT2D eigenvalue weighted by Gasteiger charge is -2.23. The van der Waals surface area contributed by atoms with Crippen molar-refractivity contribution < 1.29 is 19.1 Å². The van der Waals surface area contributed by atoms with Crippen molar-refractivity contribution in [1.29, 1.82) is 0 Å². The Bertz CT molecular complexity index is 1200. The molecule has 176 valence electrons. The summed E-state index contributed by atoms with van der Waals surface area (Å²) in [6.45, 7) is 2.48. The number of esters is 1. The molecule has 4 rings (SSSR count). The van der Waals surface area contributed by atoms with Crippen LogP contribution in [0.25, 0.3) is 0 Å². The van der Waals surface area contributed by atoms with Gasteiger partial charge in [0.15, 0.2) is 0 Å². The summed E-state index contributed by atoms with van der Waals surface area (Å²) < 4.78 is 5.07. The molecule has 1 aliphatic rings. The quantitative estimate of drug-likeness (QED) is 0.462. The molecule has 2 heterocycles. The first-order valence-electron chi connectivity index (χ1n) is 10.7. The van der Waals surface area contributed by atoms with Crippen molar-refractivity contribution in [2.45, 2.75) is 25.8 Å². The summed E-state index contributed by atoms with van der Waals surface area (Å²) in [4.78, 5) is 39.5. The van der Waals surface area contributed by atoms with Crippen LogP contribution in [-0.2, 0) is 4.74 Å². The Balaban J connectivity index is 1.45. The first-order valence-corrected chi connectivity index (χ1v) is 11.9. The van der Waals surface area contributed by atoms with Gasteiger partial charge in [0.2, 0.25) is 5.01 Å². The molecule has 0 unspecified atom stereocenters. The second kappa shape index (κ2) is 10.6. The average molecular weight is 500 g/mol. The summed E-state index contributed by atoms with van der Waals surface area (Å²) in [5.74, 6) is -0.889. The number of hydrogen-bond acceptors (Lipinski definition) is 7. The van der Waals surface area contributed by atoms with Crippen molar-refractivity contribution in [3.8, 4) is 0 Å². The third kappa shape index (κ3) is 5.35. The van der Waals surface area contributed by atoms with Crippen LogP contribution in [0.1, 0.15) is 51.0 Å². The van der Waals surface area contributed by atoms with Crippen LogP contribution in [0.5, 0.6) is 0 Å². The maximum absolute atomic E-state index is 13.1. The van der Waals surface area contributed by atoms with Gasteiger partial charge in [-0.1, -0.05) is 35.1 Å². The third-order valence-electron chi connectivity index (χ3n) is 5.20. The van der Waals surface area contributed by atoms with Gasteiger partial charge in [0.1, 0.15) is 5.01 Å². The number of amides is 3. The van der Waals surface area contributed by atoms with Gasteiger partial charge in [-0.15, -0.1) is 10.2 Å². The fourth-order valence-corrected chi connectivity index (χ4v) is 4.62. The molecule has 34 heavy (non-hydrogen) atoms. The monoisotopic (exact) mass is 499 g/mol. The molecule has 3 amide bonds. The molecule has 1 fully saturated rings. The van der Waals surface area contributed by atoms with Crippen molar-refractivity contribution in [2.75, 3.05) is 23.8 Å². The second-order valence-electron chi connectivity index (χ2n) is 7.45. The topological polar surface area (TPSA) is 114 Å². The summed E-state index contributed by atoms with van der Waals surface area (Å²) in [6, 6.07) is 12.8. The zero-order valence-corrected chi connectivity index (χ0v) is 19.9. The number of halogens is 1. The molecule has 1 saturated heterocycles. The lowest BCUT2D eigenvalue weighted by atomic mass is 10.2. The molecule has 0 bridgehead atoms. The van der Waals surface area contributed by atoms with Crippen molar-refractivity contribution in [3.63, 3.8) is 0 Å². The number of ether oxygens (including phenoxy) is 1. The van der Waals surface area contributed by atoms with Gasteiger partial charge < -0.3 is 20.3 Å². The van der Waals surface area contributed by atoms with Crippen LogP contribution in [0, 0.1) is 0 Å². The van der Waals surface area contributed by atoms with Crippen molar-refractivity contribution in [2.24, 2.45) is 0 Å². The van der Waals surface area contributed by atoms with E-state index in [1.54, 1.807) is 60.4 Å². The van der Waals surface area contributed by atoms with E-state index in [0.29, 0.717) is 34.4 Å². The number of nitrogens with zero attached hydrogens (tertiary/aromatic N) is 3. The van der Waals surface area contributed by atoms with Gasteiger partial charge in [-0.3, -0.25) is 4.79 Å². The largest absolute Gasteiger partial charge is 0.462 e. The number of anilines is 2. The molecule has 1 atom stereocenters. The first-order chi connectivity index (χ1) is 16.5. The molecule has 0 spiro atoms. The third-order valence-corrected chi connectivity index (χ3v) is 6.47. The van der Waals surface area contributed by atoms with Crippen molar-refractivity contribution in [1.82, 2.24) is 15.1 Å². The molecule has 9 nitrogen and oxygen atoms in total. The van der Waals surface area contributed by atoms with E-state index in [9.17, 15) is 14.4 Å². The number of carbonyl (C=O) groups is 3. The number of carbonyl (C=O) groups excluding carboxylic acids is 3. The van der Waals surface area contributed by atoms with Crippen LogP contribution in [0.4, 0.5) is 16.2 Å². The second-order valence-corrected chi connectivity index (χ2v) is 8.90. The van der Waals surface area contributed by atoms with Crippen molar-refractivity contribution in [3.05, 3.63) is 69.1 Å². The Hall–Kier alpha value is -3.50. The molecule has 1 aromatic heterocycles. The van der Waals surface area contributed by atoms with E-state index in [1.807, 2.05) is 0 Å². The summed E-state index contributed by atoms with van der Waals surface area (Å²) >= 11 is 7.02. The lowest BCUT2D eigenvalue weighted by Crippen LogP contribution is -2.34. The summed E-state index contributed by atoms with van der Waals surface area (Å²) in [7, 11) is 0. The van der Waals surface area contributed by atoms with Gasteiger partial charge in [0, 0.05) is 17.3 Å². The Kier molecular flexibility index (Phi) is 7.39. The van der Waals surface area contributed by atoms with Gasteiger partial charge >= 0.3 is 12.0 Å². The number of hydrogen-bond donors (Lipinski definition) is 2. The highest BCUT2D eigenvalue weighted by atomic mass is 35.5. The zero-order valence-electron chi connectivity index (χ0n) is 18.3. The summed E-state index contributed by atoms with van der Waals surface area (Å²) in [5.41, 5.74) is 1.25. The van der Waals surface area contributed by atoms with Crippen LogP contribution in [0.15, 0.2) is 48.5 Å². The zero-order chi connectivity index (χ0) is 24.1. The minimum atomic E-state index is -0.503. The normalized spacial score (nSPS) is 15.1. The van der Waals surface area contributed by atoms with Gasteiger partial charge in [0.05, 0.1) is 23.9 Å². The number of urea groups is 1. The first kappa shape index (κ1) is 23.7. The Labute approximate surface area is 205 Å². The molecular weight excluding hydrogens is 478 g/mol. The van der Waals surface area contributed by atoms with Crippen molar-refractivity contribution >= 4 is 52.2 Å². The van der Waals surface area contributed by atoms with E-state index in [-0.39, 0.29) is 35.2 Å². The standard InChI is InChI=1S/C23H22ClN5O4S/c1-2-33-22(31)16-6-3-4-7-17(16)26-23(32)29-13-5-8-18(29)20-27-28-21(34-20)19(30)25-15-11-9-14(24)10-12-15/h3-4,6-7,9-12,18H,2,5,8,13H2,1H3,(H,25,30)(H,26,32)/t18-/m1/s1. The SMILES string of the molecule is CCOC(=O)c1ccccc1NC(=O)N1CCC[C@@H]1c1nnc(C(=O)Nc2ccc(Cl)cc2)s1. The summed E-state index contributed by atoms with van der Waals surface area (Å²) in [5, 5.41) is 15.1. The number of aromatic nitrogens is 2. The Morgan fingerprint density at radius 1 is 1.12 bits per heavy atom. The predicted octanol–water partition coefficient (Wildman–Crippen LogP) is 4.99. The Morgan fingerprint density at radius 2 is 1.88 bits per heavy atom. The van der Waals surface area contributed by atoms with Crippen LogP contribution in [0.2, 0.25) is 5.02 Å². The van der Waals surface area contributed by atoms with Gasteiger partial charge in [-0.05, 0) is 56.2 Å². The van der Waals surface area contributed by atoms with Gasteiger partial charge in [-0.2, -0.15) is 0 Å². The Morgan fingerprint density at radius 3 is 2.65 bits per heavy atom. The minimum absolute atomic E-state index is 0.199. The van der Waals surface area contributed by atoms with Crippen LogP contribution < -0.4 is 10.6 Å². The van der Waals surface area contributed by atoms with E-state index in [0.717, 1.165) is 17.8 Å². The van der Waals surface area contributed by atoms with Gasteiger partial charge in [0.25, 0.3) is 5.91 Å². The summed E-state index contributed by atoms with van der Waals surface area (Å²) in [6.07, 6.45) is 1.48. The van der Waals surface area contributed by atoms with E-state index >= 15 is 0 Å². The number of para-hydroxylation sites is 1. The van der Waals surface area contributed by atoms with Crippen LogP contribution in [-0.4, -0.2) is 46.2 Å². The predicted molar refractivity (Wildman–Crippen MR) is 129 cm³/mol. The molecule has 3 aromatic rings. The number of likely N-dealkylation sites (tertiary alicyclic amines) is 1. The fraction of sp³-hybridized carbons (Fsp3) is 0.261. The maximum atomic E-state index is 13.1. The highest BCUT2D eigenvalue weighted by molar-refractivity contribution is 7.13. The highest BCUT2D eigenvalue weighted by Crippen LogP contribution is 2.34. The van der Waals surface area contributed by atoms with E-state index in [4.69, 9.17) is 16.3 Å². The molecular formula is C23H22ClN5O4S. The number of rotatable bonds is 6. The molecule has 0 radical (unpaired) electrons. The minimum Gasteiger partial charge on any atom is -0.462 e.